The van der Waals surface area contributed by atoms with Crippen LogP contribution in [-0.2, 0) is 0 Å². The SMILES string of the molecule is CCCCC(NCCC)c1csc(C)c1. The average molecular weight is 225 g/mol. The maximum absolute atomic E-state index is 3.64. The molecule has 1 nitrogen and oxygen atoms in total. The van der Waals surface area contributed by atoms with Crippen molar-refractivity contribution < 1.29 is 0 Å². The minimum absolute atomic E-state index is 0.579. The fraction of sp³-hybridized carbons (Fsp3) is 0.692. The van der Waals surface area contributed by atoms with Crippen LogP contribution in [0.25, 0.3) is 0 Å². The zero-order chi connectivity index (χ0) is 11.1. The summed E-state index contributed by atoms with van der Waals surface area (Å²) in [6.45, 7) is 7.80. The Hall–Kier alpha value is -0.340. The third kappa shape index (κ3) is 4.35. The number of rotatable bonds is 7. The molecule has 1 unspecified atom stereocenters. The van der Waals surface area contributed by atoms with Crippen LogP contribution in [0, 0.1) is 6.92 Å². The van der Waals surface area contributed by atoms with Gasteiger partial charge in [0.2, 0.25) is 0 Å². The van der Waals surface area contributed by atoms with Crippen LogP contribution in [0.5, 0.6) is 0 Å². The second kappa shape index (κ2) is 7.02. The predicted octanol–water partition coefficient (Wildman–Crippen LogP) is 4.29. The van der Waals surface area contributed by atoms with Gasteiger partial charge in [0.25, 0.3) is 0 Å². The minimum Gasteiger partial charge on any atom is -0.310 e. The highest BCUT2D eigenvalue weighted by molar-refractivity contribution is 7.10. The third-order valence-electron chi connectivity index (χ3n) is 2.64. The average Bonchev–Trinajstić information content (AvgIpc) is 2.65. The Morgan fingerprint density at radius 2 is 2.13 bits per heavy atom. The standard InChI is InChI=1S/C13H23NS/c1-4-6-7-13(14-8-5-2)12-9-11(3)15-10-12/h9-10,13-14H,4-8H2,1-3H3. The zero-order valence-corrected chi connectivity index (χ0v) is 11.0. The summed E-state index contributed by atoms with van der Waals surface area (Å²) >= 11 is 1.86. The summed E-state index contributed by atoms with van der Waals surface area (Å²) in [6, 6.07) is 2.91. The number of unbranched alkanes of at least 4 members (excludes halogenated alkanes) is 1. The van der Waals surface area contributed by atoms with Crippen molar-refractivity contribution in [2.45, 2.75) is 52.5 Å². The van der Waals surface area contributed by atoms with E-state index in [4.69, 9.17) is 0 Å². The van der Waals surface area contributed by atoms with Crippen molar-refractivity contribution in [3.8, 4) is 0 Å². The van der Waals surface area contributed by atoms with Crippen LogP contribution >= 0.6 is 11.3 Å². The first-order valence-electron chi connectivity index (χ1n) is 6.06. The van der Waals surface area contributed by atoms with Crippen molar-refractivity contribution in [2.75, 3.05) is 6.54 Å². The largest absolute Gasteiger partial charge is 0.310 e. The highest BCUT2D eigenvalue weighted by atomic mass is 32.1. The maximum atomic E-state index is 3.64. The lowest BCUT2D eigenvalue weighted by Crippen LogP contribution is -2.21. The highest BCUT2D eigenvalue weighted by Gasteiger charge is 2.10. The van der Waals surface area contributed by atoms with Crippen molar-refractivity contribution in [1.82, 2.24) is 5.32 Å². The molecule has 0 spiro atoms. The third-order valence-corrected chi connectivity index (χ3v) is 3.52. The molecule has 2 heteroatoms. The van der Waals surface area contributed by atoms with Gasteiger partial charge in [0.05, 0.1) is 0 Å². The van der Waals surface area contributed by atoms with Gasteiger partial charge in [0.15, 0.2) is 0 Å². The molecule has 86 valence electrons. The molecule has 0 fully saturated rings. The summed E-state index contributed by atoms with van der Waals surface area (Å²) < 4.78 is 0. The van der Waals surface area contributed by atoms with E-state index in [-0.39, 0.29) is 0 Å². The maximum Gasteiger partial charge on any atom is 0.0328 e. The van der Waals surface area contributed by atoms with Gasteiger partial charge in [-0.3, -0.25) is 0 Å². The fourth-order valence-electron chi connectivity index (χ4n) is 1.76. The van der Waals surface area contributed by atoms with Crippen LogP contribution in [0.15, 0.2) is 11.4 Å². The molecule has 0 radical (unpaired) electrons. The Bertz CT molecular complexity index is 259. The molecular formula is C13H23NS. The van der Waals surface area contributed by atoms with Crippen molar-refractivity contribution in [3.63, 3.8) is 0 Å². The van der Waals surface area contributed by atoms with Crippen LogP contribution in [0.3, 0.4) is 0 Å². The second-order valence-electron chi connectivity index (χ2n) is 4.14. The first-order chi connectivity index (χ1) is 7.27. The molecule has 0 saturated heterocycles. The van der Waals surface area contributed by atoms with Crippen molar-refractivity contribution in [2.24, 2.45) is 0 Å². The number of hydrogen-bond donors (Lipinski definition) is 1. The van der Waals surface area contributed by atoms with E-state index in [1.54, 1.807) is 0 Å². The van der Waals surface area contributed by atoms with Crippen LogP contribution in [-0.4, -0.2) is 6.54 Å². The molecule has 1 N–H and O–H groups in total. The number of aryl methyl sites for hydroxylation is 1. The molecule has 0 aliphatic heterocycles. The van der Waals surface area contributed by atoms with E-state index in [0.717, 1.165) is 6.54 Å². The predicted molar refractivity (Wildman–Crippen MR) is 69.6 cm³/mol. The van der Waals surface area contributed by atoms with Crippen molar-refractivity contribution >= 4 is 11.3 Å². The molecule has 1 aromatic heterocycles. The summed E-state index contributed by atoms with van der Waals surface area (Å²) in [4.78, 5) is 1.42. The lowest BCUT2D eigenvalue weighted by molar-refractivity contribution is 0.482. The number of hydrogen-bond acceptors (Lipinski definition) is 2. The van der Waals surface area contributed by atoms with Gasteiger partial charge in [-0.2, -0.15) is 0 Å². The molecule has 1 heterocycles. The van der Waals surface area contributed by atoms with E-state index in [1.807, 2.05) is 11.3 Å². The van der Waals surface area contributed by atoms with E-state index in [1.165, 1.54) is 36.1 Å². The summed E-state index contributed by atoms with van der Waals surface area (Å²) in [5.41, 5.74) is 1.49. The van der Waals surface area contributed by atoms with Gasteiger partial charge >= 0.3 is 0 Å². The van der Waals surface area contributed by atoms with Gasteiger partial charge < -0.3 is 5.32 Å². The molecule has 1 atom stereocenters. The van der Waals surface area contributed by atoms with E-state index in [2.05, 4.69) is 37.5 Å². The zero-order valence-electron chi connectivity index (χ0n) is 10.2. The quantitative estimate of drug-likeness (QED) is 0.730. The Morgan fingerprint density at radius 1 is 1.33 bits per heavy atom. The van der Waals surface area contributed by atoms with Crippen LogP contribution in [0.2, 0.25) is 0 Å². The van der Waals surface area contributed by atoms with Crippen LogP contribution < -0.4 is 5.32 Å². The van der Waals surface area contributed by atoms with E-state index >= 15 is 0 Å². The van der Waals surface area contributed by atoms with Gasteiger partial charge in [0, 0.05) is 10.9 Å². The first-order valence-corrected chi connectivity index (χ1v) is 6.94. The van der Waals surface area contributed by atoms with E-state index in [9.17, 15) is 0 Å². The van der Waals surface area contributed by atoms with E-state index in [0.29, 0.717) is 6.04 Å². The molecule has 1 rings (SSSR count). The lowest BCUT2D eigenvalue weighted by Gasteiger charge is -2.17. The Kier molecular flexibility index (Phi) is 5.96. The van der Waals surface area contributed by atoms with Crippen molar-refractivity contribution in [3.05, 3.63) is 21.9 Å². The molecule has 0 aliphatic rings. The molecule has 0 amide bonds. The molecular weight excluding hydrogens is 202 g/mol. The number of thiophene rings is 1. The topological polar surface area (TPSA) is 12.0 Å². The molecule has 0 bridgehead atoms. The fourth-order valence-corrected chi connectivity index (χ4v) is 2.52. The molecule has 0 saturated carbocycles. The highest BCUT2D eigenvalue weighted by Crippen LogP contribution is 2.24. The van der Waals surface area contributed by atoms with Gasteiger partial charge in [-0.05, 0) is 43.3 Å². The Balaban J connectivity index is 2.54. The summed E-state index contributed by atoms with van der Waals surface area (Å²) in [5, 5.41) is 5.94. The smallest absolute Gasteiger partial charge is 0.0328 e. The normalized spacial score (nSPS) is 13.0. The number of nitrogens with one attached hydrogen (secondary N) is 1. The van der Waals surface area contributed by atoms with Crippen LogP contribution in [0.4, 0.5) is 0 Å². The summed E-state index contributed by atoms with van der Waals surface area (Å²) in [6.07, 6.45) is 5.09. The Morgan fingerprint density at radius 3 is 2.67 bits per heavy atom. The van der Waals surface area contributed by atoms with Gasteiger partial charge in [0.1, 0.15) is 0 Å². The minimum atomic E-state index is 0.579. The van der Waals surface area contributed by atoms with Gasteiger partial charge in [-0.15, -0.1) is 11.3 Å². The molecule has 0 aromatic carbocycles. The summed E-state index contributed by atoms with van der Waals surface area (Å²) in [5.74, 6) is 0. The van der Waals surface area contributed by atoms with Crippen LogP contribution in [0.1, 0.15) is 56.0 Å². The summed E-state index contributed by atoms with van der Waals surface area (Å²) in [7, 11) is 0. The molecule has 1 aromatic rings. The lowest BCUT2D eigenvalue weighted by atomic mass is 10.0. The first kappa shape index (κ1) is 12.7. The monoisotopic (exact) mass is 225 g/mol. The second-order valence-corrected chi connectivity index (χ2v) is 5.25. The molecule has 0 aliphatic carbocycles. The van der Waals surface area contributed by atoms with E-state index < -0.39 is 0 Å². The Labute approximate surface area is 97.9 Å². The molecule has 15 heavy (non-hydrogen) atoms. The van der Waals surface area contributed by atoms with Gasteiger partial charge in [-0.1, -0.05) is 26.7 Å². The van der Waals surface area contributed by atoms with Gasteiger partial charge in [-0.25, -0.2) is 0 Å². The van der Waals surface area contributed by atoms with Crippen molar-refractivity contribution in [1.29, 1.82) is 0 Å².